The smallest absolute Gasteiger partial charge is 0.171 e. The zero-order chi connectivity index (χ0) is 95.3. The van der Waals surface area contributed by atoms with Crippen molar-refractivity contribution < 1.29 is 4.57 Å². The minimum absolute atomic E-state index is 0.633. The summed E-state index contributed by atoms with van der Waals surface area (Å²) in [7, 11) is -3.05. The third kappa shape index (κ3) is 14.7. The molecular weight excluding hydrogens is 1780 g/mol. The van der Waals surface area contributed by atoms with Crippen LogP contribution < -0.4 is 20.8 Å². The van der Waals surface area contributed by atoms with Gasteiger partial charge in [0, 0.05) is 98.1 Å². The van der Waals surface area contributed by atoms with Crippen LogP contribution in [-0.2, 0) is 4.57 Å². The first-order valence-electron chi connectivity index (χ1n) is 48.2. The summed E-state index contributed by atoms with van der Waals surface area (Å²) in [5, 5.41) is 12.1. The number of hydrogen-bond acceptors (Lipinski definition) is 11. The Balaban J connectivity index is 0.000000108. The van der Waals surface area contributed by atoms with E-state index in [-0.39, 0.29) is 0 Å². The number of imidazole rings is 3. The van der Waals surface area contributed by atoms with Gasteiger partial charge in [0.2, 0.25) is 0 Å². The molecule has 10 aromatic heterocycles. The SMILES string of the molecule is O=P(c1ccccc1)(c1ccccc1)c1ccc(-c2ccc3c4nc5ccccc5cc4c4nc5ccccc5n4c3c2)cc1.c1ccc(-c2ccc(N(c3ccc(-c4ccccc4)cc3)c3ccc4c5nc6ccccc6cc5c5nc6ccccc6n5c4c3)cc2)cc1.c1ccc(-c2nc(-c3ccccc3)nc(-c3ccc(-c4ccc5c6nc7ccccc7cc6c6nc7ccccc7n6c5c4)cc3)n2)cc1. The lowest BCUT2D eigenvalue weighted by Crippen LogP contribution is -2.24. The van der Waals surface area contributed by atoms with E-state index in [1.165, 1.54) is 22.3 Å². The molecule has 0 N–H and O–H groups in total. The Kier molecular flexibility index (Phi) is 20.5. The van der Waals surface area contributed by atoms with Gasteiger partial charge in [0.15, 0.2) is 24.6 Å². The molecule has 144 heavy (non-hydrogen) atoms. The van der Waals surface area contributed by atoms with Crippen LogP contribution in [0.25, 0.3) is 227 Å². The highest BCUT2D eigenvalue weighted by Gasteiger charge is 2.31. The largest absolute Gasteiger partial charge is 0.310 e. The maximum absolute atomic E-state index is 14.9. The van der Waals surface area contributed by atoms with Gasteiger partial charge < -0.3 is 9.46 Å². The average Bonchev–Trinajstić information content (AvgIpc) is 1.51. The third-order valence-corrected chi connectivity index (χ3v) is 30.8. The van der Waals surface area contributed by atoms with Crippen LogP contribution in [0.1, 0.15) is 0 Å². The molecule has 0 amide bonds. The highest BCUT2D eigenvalue weighted by atomic mass is 31.2. The Labute approximate surface area is 826 Å². The van der Waals surface area contributed by atoms with E-state index in [9.17, 15) is 4.57 Å². The maximum Gasteiger partial charge on any atom is 0.171 e. The topological polar surface area (TPSA) is 150 Å². The lowest BCUT2D eigenvalue weighted by molar-refractivity contribution is 0.592. The summed E-state index contributed by atoms with van der Waals surface area (Å²) < 4.78 is 21.7. The number of aromatic nitrogens is 12. The minimum Gasteiger partial charge on any atom is -0.310 e. The molecule has 0 spiro atoms. The molecule has 14 nitrogen and oxygen atoms in total. The van der Waals surface area contributed by atoms with E-state index in [0.29, 0.717) is 17.5 Å². The van der Waals surface area contributed by atoms with Gasteiger partial charge in [0.1, 0.15) is 16.9 Å². The monoisotopic (exact) mass is 1860 g/mol. The van der Waals surface area contributed by atoms with Crippen LogP contribution in [0.2, 0.25) is 0 Å². The molecule has 0 radical (unpaired) electrons. The van der Waals surface area contributed by atoms with Gasteiger partial charge in [-0.3, -0.25) is 13.2 Å². The van der Waals surface area contributed by atoms with E-state index in [4.69, 9.17) is 44.9 Å². The Morgan fingerprint density at radius 2 is 0.424 bits per heavy atom. The lowest BCUT2D eigenvalue weighted by Gasteiger charge is -2.26. The number of rotatable bonds is 13. The second-order valence-corrected chi connectivity index (χ2v) is 39.0. The van der Waals surface area contributed by atoms with Crippen molar-refractivity contribution in [3.63, 3.8) is 0 Å². The second-order valence-electron chi connectivity index (χ2n) is 36.3. The van der Waals surface area contributed by atoms with Crippen LogP contribution in [0, 0.1) is 0 Å². The van der Waals surface area contributed by atoms with Crippen LogP contribution in [0.3, 0.4) is 0 Å². The highest BCUT2D eigenvalue weighted by Crippen LogP contribution is 2.47. The molecular formula is C129H82N13OP. The van der Waals surface area contributed by atoms with E-state index < -0.39 is 7.14 Å². The molecule has 0 aliphatic carbocycles. The summed E-state index contributed by atoms with van der Waals surface area (Å²) in [6.07, 6.45) is 0. The summed E-state index contributed by atoms with van der Waals surface area (Å²) >= 11 is 0. The molecule has 0 saturated carbocycles. The molecule has 0 fully saturated rings. The number of pyridine rings is 6. The average molecular weight is 1860 g/mol. The fourth-order valence-electron chi connectivity index (χ4n) is 20.7. The van der Waals surface area contributed by atoms with Crippen molar-refractivity contribution in [3.05, 3.63) is 497 Å². The quantitative estimate of drug-likeness (QED) is 0.0617. The second kappa shape index (κ2) is 35.1. The summed E-state index contributed by atoms with van der Waals surface area (Å²) in [4.78, 5) is 47.9. The molecule has 0 atom stereocenters. The van der Waals surface area contributed by atoms with E-state index in [2.05, 4.69) is 346 Å². The number of fused-ring (bicyclic) bond motifs is 27. The number of anilines is 3. The molecule has 674 valence electrons. The molecule has 29 aromatic rings. The van der Waals surface area contributed by atoms with Gasteiger partial charge in [0.25, 0.3) is 0 Å². The Bertz CT molecular complexity index is 9980. The molecule has 19 aromatic carbocycles. The van der Waals surface area contributed by atoms with Gasteiger partial charge in [-0.05, 0) is 172 Å². The summed E-state index contributed by atoms with van der Waals surface area (Å²) in [6.45, 7) is 0. The summed E-state index contributed by atoms with van der Waals surface area (Å²) in [5.41, 5.74) is 32.9. The molecule has 0 unspecified atom stereocenters. The highest BCUT2D eigenvalue weighted by molar-refractivity contribution is 7.85. The Hall–Kier alpha value is -19.1. The molecule has 15 heteroatoms. The Morgan fingerprint density at radius 1 is 0.174 bits per heavy atom. The van der Waals surface area contributed by atoms with Gasteiger partial charge in [-0.15, -0.1) is 0 Å². The molecule has 10 heterocycles. The zero-order valence-corrected chi connectivity index (χ0v) is 78.4. The van der Waals surface area contributed by atoms with E-state index in [1.807, 2.05) is 170 Å². The van der Waals surface area contributed by atoms with Crippen molar-refractivity contribution in [2.45, 2.75) is 0 Å². The minimum atomic E-state index is -3.05. The van der Waals surface area contributed by atoms with Crippen molar-refractivity contribution in [1.29, 1.82) is 0 Å². The van der Waals surface area contributed by atoms with Crippen molar-refractivity contribution in [3.8, 4) is 78.7 Å². The number of para-hydroxylation sites is 9. The van der Waals surface area contributed by atoms with Gasteiger partial charge in [-0.1, -0.05) is 370 Å². The van der Waals surface area contributed by atoms with Gasteiger partial charge in [0.05, 0.1) is 82.8 Å². The van der Waals surface area contributed by atoms with E-state index in [0.717, 1.165) is 220 Å². The van der Waals surface area contributed by atoms with Crippen molar-refractivity contribution in [2.24, 2.45) is 0 Å². The number of nitrogens with zero attached hydrogens (tertiary/aromatic N) is 13. The van der Waals surface area contributed by atoms with Crippen LogP contribution >= 0.6 is 7.14 Å². The fraction of sp³-hybridized carbons (Fsp3) is 0. The van der Waals surface area contributed by atoms with Gasteiger partial charge in [-0.25, -0.2) is 44.9 Å². The predicted octanol–water partition coefficient (Wildman–Crippen LogP) is 31.0. The molecule has 0 aliphatic heterocycles. The lowest BCUT2D eigenvalue weighted by atomic mass is 10.0. The Morgan fingerprint density at radius 3 is 0.792 bits per heavy atom. The predicted molar refractivity (Wildman–Crippen MR) is 595 cm³/mol. The van der Waals surface area contributed by atoms with Gasteiger partial charge >= 0.3 is 0 Å². The third-order valence-electron chi connectivity index (χ3n) is 27.7. The van der Waals surface area contributed by atoms with Gasteiger partial charge in [-0.2, -0.15) is 0 Å². The van der Waals surface area contributed by atoms with Crippen LogP contribution in [0.15, 0.2) is 497 Å². The standard InChI is InChI=1S/C46H30N4.C43H26N6.C40H26N3OP/c1-3-11-31(12-4-1)33-19-23-36(24-20-33)49(37-25-21-34(22-26-37)32-13-5-2-6-14-32)38-27-28-39-44(30-38)50-43-18-10-9-17-42(43)48-46(50)40-29-35-15-7-8-16-41(35)47-45(39)40;1-3-11-28(12-4-1)40-46-41(29-13-5-2-6-14-29)48-42(47-40)30-21-19-27(20-22-30)31-23-24-33-38(26-31)49-37-18-10-9-17-36(37)45-43(49)34-25-32-15-7-8-16-35(32)44-39(33)34;44-45(30-12-3-1-4-13-30,31-14-5-2-6-15-31)32-22-19-27(20-23-32)28-21-24-33-38(26-28)43-37-18-10-9-17-36(37)42-40(43)34-25-29-11-7-8-16-35(29)41-39(33)34/h1-30H;1-26H;1-26H. The first kappa shape index (κ1) is 84.2. The van der Waals surface area contributed by atoms with Crippen LogP contribution in [0.5, 0.6) is 0 Å². The van der Waals surface area contributed by atoms with E-state index >= 15 is 0 Å². The molecule has 0 saturated heterocycles. The fourth-order valence-corrected chi connectivity index (χ4v) is 23.4. The van der Waals surface area contributed by atoms with E-state index in [1.54, 1.807) is 0 Å². The zero-order valence-electron chi connectivity index (χ0n) is 77.5. The van der Waals surface area contributed by atoms with Crippen molar-refractivity contribution >= 4 is 188 Å². The van der Waals surface area contributed by atoms with Crippen LogP contribution in [0.4, 0.5) is 17.1 Å². The first-order valence-corrected chi connectivity index (χ1v) is 49.9. The van der Waals surface area contributed by atoms with Crippen molar-refractivity contribution in [1.82, 2.24) is 58.1 Å². The molecule has 0 aliphatic rings. The summed E-state index contributed by atoms with van der Waals surface area (Å²) in [5.74, 6) is 1.93. The summed E-state index contributed by atoms with van der Waals surface area (Å²) in [6, 6.07) is 172. The first-order chi connectivity index (χ1) is 71.2. The molecule has 0 bridgehead atoms. The van der Waals surface area contributed by atoms with Crippen LogP contribution in [-0.4, -0.2) is 58.1 Å². The number of hydrogen-bond donors (Lipinski definition) is 0. The van der Waals surface area contributed by atoms with Crippen molar-refractivity contribution in [2.75, 3.05) is 4.90 Å². The normalized spacial score (nSPS) is 11.8. The maximum atomic E-state index is 14.9. The molecule has 29 rings (SSSR count). The number of benzene rings is 19.